The van der Waals surface area contributed by atoms with Crippen molar-refractivity contribution < 1.29 is 14.1 Å². The fourth-order valence-corrected chi connectivity index (χ4v) is 3.80. The largest absolute Gasteiger partial charge is 0.497 e. The van der Waals surface area contributed by atoms with E-state index in [0.717, 1.165) is 42.0 Å². The third kappa shape index (κ3) is 4.68. The summed E-state index contributed by atoms with van der Waals surface area (Å²) in [5.41, 5.74) is 2.83. The molecule has 0 bridgehead atoms. The van der Waals surface area contributed by atoms with Crippen LogP contribution in [0.25, 0.3) is 11.4 Å². The molecule has 3 aromatic rings. The van der Waals surface area contributed by atoms with Gasteiger partial charge in [0.15, 0.2) is 0 Å². The number of ether oxygens (including phenoxy) is 1. The molecule has 2 heterocycles. The summed E-state index contributed by atoms with van der Waals surface area (Å²) < 4.78 is 10.7. The average Bonchev–Trinajstić information content (AvgIpc) is 3.22. The molecule has 2 aromatic carbocycles. The van der Waals surface area contributed by atoms with Crippen molar-refractivity contribution in [3.8, 4) is 17.1 Å². The first-order chi connectivity index (χ1) is 14.6. The number of hydrogen-bond acceptors (Lipinski definition) is 6. The van der Waals surface area contributed by atoms with Crippen LogP contribution in [-0.2, 0) is 11.3 Å². The van der Waals surface area contributed by atoms with Crippen LogP contribution in [0, 0.1) is 12.8 Å². The Morgan fingerprint density at radius 2 is 2.13 bits per heavy atom. The van der Waals surface area contributed by atoms with Crippen molar-refractivity contribution in [1.82, 2.24) is 15.0 Å². The van der Waals surface area contributed by atoms with Crippen LogP contribution in [-0.4, -0.2) is 41.1 Å². The van der Waals surface area contributed by atoms with Crippen LogP contribution in [0.1, 0.15) is 24.3 Å². The highest BCUT2D eigenvalue weighted by molar-refractivity contribution is 5.92. The molecule has 156 valence electrons. The van der Waals surface area contributed by atoms with Crippen molar-refractivity contribution in [2.75, 3.05) is 25.5 Å². The lowest BCUT2D eigenvalue weighted by molar-refractivity contribution is -0.121. The van der Waals surface area contributed by atoms with Gasteiger partial charge < -0.3 is 14.6 Å². The fourth-order valence-electron chi connectivity index (χ4n) is 3.80. The van der Waals surface area contributed by atoms with Crippen LogP contribution in [0.5, 0.6) is 5.75 Å². The molecular weight excluding hydrogens is 380 g/mol. The lowest BCUT2D eigenvalue weighted by atomic mass is 9.97. The zero-order chi connectivity index (χ0) is 20.9. The molecule has 1 atom stereocenters. The maximum absolute atomic E-state index is 12.8. The van der Waals surface area contributed by atoms with Crippen molar-refractivity contribution in [1.29, 1.82) is 0 Å². The molecule has 30 heavy (non-hydrogen) atoms. The summed E-state index contributed by atoms with van der Waals surface area (Å²) >= 11 is 0. The molecule has 0 spiro atoms. The zero-order valence-electron chi connectivity index (χ0n) is 17.3. The number of nitrogens with zero attached hydrogens (tertiary/aromatic N) is 3. The van der Waals surface area contributed by atoms with Crippen molar-refractivity contribution in [3.63, 3.8) is 0 Å². The molecule has 1 aliphatic rings. The molecule has 7 nitrogen and oxygen atoms in total. The highest BCUT2D eigenvalue weighted by Gasteiger charge is 2.27. The van der Waals surface area contributed by atoms with E-state index in [1.54, 1.807) is 7.11 Å². The van der Waals surface area contributed by atoms with Gasteiger partial charge in [0, 0.05) is 23.9 Å². The number of anilines is 1. The molecule has 0 aliphatic carbocycles. The fraction of sp³-hybridized carbons (Fsp3) is 0.348. The molecule has 4 rings (SSSR count). The second kappa shape index (κ2) is 9.09. The third-order valence-corrected chi connectivity index (χ3v) is 5.43. The molecular formula is C23H26N4O3. The van der Waals surface area contributed by atoms with Crippen LogP contribution in [0.3, 0.4) is 0 Å². The van der Waals surface area contributed by atoms with Gasteiger partial charge in [-0.3, -0.25) is 9.69 Å². The Bertz CT molecular complexity index is 1020. The lowest BCUT2D eigenvalue weighted by Gasteiger charge is -2.30. The van der Waals surface area contributed by atoms with E-state index in [2.05, 4.69) is 20.4 Å². The van der Waals surface area contributed by atoms with Gasteiger partial charge in [0.2, 0.25) is 17.6 Å². The van der Waals surface area contributed by atoms with Crippen LogP contribution >= 0.6 is 0 Å². The van der Waals surface area contributed by atoms with Gasteiger partial charge in [0.25, 0.3) is 0 Å². The van der Waals surface area contributed by atoms with Crippen molar-refractivity contribution in [2.45, 2.75) is 26.3 Å². The zero-order valence-corrected chi connectivity index (χ0v) is 17.3. The molecule has 1 N–H and O–H groups in total. The number of likely N-dealkylation sites (tertiary alicyclic amines) is 1. The maximum Gasteiger partial charge on any atom is 0.241 e. The Kier molecular flexibility index (Phi) is 6.09. The summed E-state index contributed by atoms with van der Waals surface area (Å²) in [6.07, 6.45) is 1.82. The number of aryl methyl sites for hydroxylation is 1. The lowest BCUT2D eigenvalue weighted by Crippen LogP contribution is -2.40. The standard InChI is InChI=1S/C23H26N4O3/c1-16-7-3-4-11-20(16)22-25-21(30-26-22)15-27-12-6-8-17(14-27)23(28)24-18-9-5-10-19(13-18)29-2/h3-5,7,9-11,13,17H,6,8,12,14-15H2,1-2H3,(H,24,28). The van der Waals surface area contributed by atoms with Crippen LogP contribution in [0.4, 0.5) is 5.69 Å². The second-order valence-corrected chi connectivity index (χ2v) is 7.62. The smallest absolute Gasteiger partial charge is 0.241 e. The van der Waals surface area contributed by atoms with E-state index in [-0.39, 0.29) is 11.8 Å². The van der Waals surface area contributed by atoms with Gasteiger partial charge in [-0.2, -0.15) is 4.98 Å². The normalized spacial score (nSPS) is 16.9. The van der Waals surface area contributed by atoms with Crippen molar-refractivity contribution >= 4 is 11.6 Å². The first-order valence-electron chi connectivity index (χ1n) is 10.2. The van der Waals surface area contributed by atoms with Crippen LogP contribution in [0.2, 0.25) is 0 Å². The number of carbonyl (C=O) groups excluding carboxylic acids is 1. The van der Waals surface area contributed by atoms with E-state index >= 15 is 0 Å². The molecule has 1 saturated heterocycles. The number of nitrogens with one attached hydrogen (secondary N) is 1. The minimum atomic E-state index is -0.0799. The quantitative estimate of drug-likeness (QED) is 0.669. The van der Waals surface area contributed by atoms with Gasteiger partial charge in [0.1, 0.15) is 5.75 Å². The van der Waals surface area contributed by atoms with E-state index in [1.165, 1.54) is 0 Å². The molecule has 1 fully saturated rings. The Morgan fingerprint density at radius 3 is 2.97 bits per heavy atom. The monoisotopic (exact) mass is 406 g/mol. The maximum atomic E-state index is 12.8. The van der Waals surface area contributed by atoms with Gasteiger partial charge in [-0.1, -0.05) is 35.5 Å². The summed E-state index contributed by atoms with van der Waals surface area (Å²) in [5.74, 6) is 1.84. The first-order valence-corrected chi connectivity index (χ1v) is 10.2. The van der Waals surface area contributed by atoms with Crippen LogP contribution < -0.4 is 10.1 Å². The summed E-state index contributed by atoms with van der Waals surface area (Å²) in [7, 11) is 1.61. The Hall–Kier alpha value is -3.19. The van der Waals surface area contributed by atoms with Gasteiger partial charge in [0.05, 0.1) is 19.6 Å². The van der Waals surface area contributed by atoms with Gasteiger partial charge in [-0.25, -0.2) is 0 Å². The van der Waals surface area contributed by atoms with Gasteiger partial charge >= 0.3 is 0 Å². The predicted molar refractivity (Wildman–Crippen MR) is 114 cm³/mol. The molecule has 1 aromatic heterocycles. The number of rotatable bonds is 6. The van der Waals surface area contributed by atoms with Crippen molar-refractivity contribution in [2.24, 2.45) is 5.92 Å². The second-order valence-electron chi connectivity index (χ2n) is 7.62. The highest BCUT2D eigenvalue weighted by Crippen LogP contribution is 2.24. The average molecular weight is 406 g/mol. The number of aromatic nitrogens is 2. The summed E-state index contributed by atoms with van der Waals surface area (Å²) in [6.45, 7) is 4.15. The minimum absolute atomic E-state index is 0.0269. The Labute approximate surface area is 176 Å². The van der Waals surface area contributed by atoms with Gasteiger partial charge in [-0.05, 0) is 44.0 Å². The number of benzene rings is 2. The van der Waals surface area contributed by atoms with Crippen LogP contribution in [0.15, 0.2) is 53.1 Å². The number of piperidine rings is 1. The number of hydrogen-bond donors (Lipinski definition) is 1. The summed E-state index contributed by atoms with van der Waals surface area (Å²) in [6, 6.07) is 15.4. The molecule has 1 aliphatic heterocycles. The third-order valence-electron chi connectivity index (χ3n) is 5.43. The number of carbonyl (C=O) groups is 1. The van der Waals surface area contributed by atoms with Crippen molar-refractivity contribution in [3.05, 3.63) is 60.0 Å². The predicted octanol–water partition coefficient (Wildman–Crippen LogP) is 3.90. The first kappa shape index (κ1) is 20.1. The number of amides is 1. The SMILES string of the molecule is COc1cccc(NC(=O)C2CCCN(Cc3nc(-c4ccccc4C)no3)C2)c1. The van der Waals surface area contributed by atoms with Gasteiger partial charge in [-0.15, -0.1) is 0 Å². The number of methoxy groups -OCH3 is 1. The van der Waals surface area contributed by atoms with E-state index in [9.17, 15) is 4.79 Å². The Morgan fingerprint density at radius 1 is 1.27 bits per heavy atom. The summed E-state index contributed by atoms with van der Waals surface area (Å²) in [5, 5.41) is 7.14. The van der Waals surface area contributed by atoms with E-state index in [1.807, 2.05) is 55.5 Å². The summed E-state index contributed by atoms with van der Waals surface area (Å²) in [4.78, 5) is 19.5. The van der Waals surface area contributed by atoms with E-state index in [4.69, 9.17) is 9.26 Å². The molecule has 0 saturated carbocycles. The molecule has 7 heteroatoms. The Balaban J connectivity index is 1.37. The topological polar surface area (TPSA) is 80.5 Å². The van der Waals surface area contributed by atoms with E-state index in [0.29, 0.717) is 24.8 Å². The minimum Gasteiger partial charge on any atom is -0.497 e. The molecule has 1 unspecified atom stereocenters. The molecule has 1 amide bonds. The molecule has 0 radical (unpaired) electrons. The van der Waals surface area contributed by atoms with E-state index < -0.39 is 0 Å². The highest BCUT2D eigenvalue weighted by atomic mass is 16.5.